The number of hydrogen-bond acceptors (Lipinski definition) is 9. The molecule has 0 bridgehead atoms. The number of carbonyl (C=O) groups is 1. The van der Waals surface area contributed by atoms with Gasteiger partial charge in [0.05, 0.1) is 23.9 Å². The van der Waals surface area contributed by atoms with Crippen LogP contribution in [0.5, 0.6) is 11.5 Å². The summed E-state index contributed by atoms with van der Waals surface area (Å²) < 4.78 is 31.1. The van der Waals surface area contributed by atoms with E-state index in [-0.39, 0.29) is 30.5 Å². The molecular weight excluding hydrogens is 505 g/mol. The third-order valence-corrected chi connectivity index (χ3v) is 5.66. The van der Waals surface area contributed by atoms with Gasteiger partial charge in [-0.05, 0) is 70.8 Å². The van der Waals surface area contributed by atoms with E-state index in [0.717, 1.165) is 5.56 Å². The molecule has 2 aromatic heterocycles. The fraction of sp³-hybridized carbons (Fsp3) is 0.148. The first kappa shape index (κ1) is 25.4. The molecule has 39 heavy (non-hydrogen) atoms. The summed E-state index contributed by atoms with van der Waals surface area (Å²) in [6.45, 7) is 2.45. The van der Waals surface area contributed by atoms with Crippen molar-refractivity contribution in [1.82, 2.24) is 25.3 Å². The quantitative estimate of drug-likeness (QED) is 0.205. The number of nitrogens with zero attached hydrogens (tertiary/aromatic N) is 5. The van der Waals surface area contributed by atoms with E-state index in [1.54, 1.807) is 34.9 Å². The molecular formula is C27H24FN7O4. The van der Waals surface area contributed by atoms with Gasteiger partial charge in [0.15, 0.2) is 28.8 Å². The molecule has 0 fully saturated rings. The van der Waals surface area contributed by atoms with Gasteiger partial charge in [0, 0.05) is 0 Å². The number of benzene rings is 3. The molecule has 0 aliphatic heterocycles. The minimum atomic E-state index is -0.394. The number of hydrazone groups is 1. The lowest BCUT2D eigenvalue weighted by Crippen LogP contribution is -2.23. The monoisotopic (exact) mass is 529 g/mol. The third kappa shape index (κ3) is 5.85. The van der Waals surface area contributed by atoms with E-state index in [1.807, 2.05) is 31.2 Å². The highest BCUT2D eigenvalue weighted by Crippen LogP contribution is 2.29. The number of fused-ring (bicyclic) bond motifs is 1. The fourth-order valence-electron chi connectivity index (χ4n) is 3.86. The zero-order valence-corrected chi connectivity index (χ0v) is 20.9. The predicted octanol–water partition coefficient (Wildman–Crippen LogP) is 3.94. The van der Waals surface area contributed by atoms with Crippen LogP contribution in [0.1, 0.15) is 18.1 Å². The average molecular weight is 530 g/mol. The number of carbonyl (C=O) groups excluding carboxylic acids is 1. The molecule has 0 unspecified atom stereocenters. The van der Waals surface area contributed by atoms with Crippen molar-refractivity contribution in [2.24, 2.45) is 5.10 Å². The maximum absolute atomic E-state index is 13.1. The number of nitrogens with one attached hydrogen (secondary N) is 1. The number of halogens is 1. The highest BCUT2D eigenvalue weighted by atomic mass is 19.1. The van der Waals surface area contributed by atoms with Crippen LogP contribution in [0.3, 0.4) is 0 Å². The number of amides is 1. The Morgan fingerprint density at radius 3 is 2.69 bits per heavy atom. The number of para-hydroxylation sites is 2. The second-order valence-electron chi connectivity index (χ2n) is 8.36. The maximum Gasteiger partial charge on any atom is 0.260 e. The van der Waals surface area contributed by atoms with E-state index in [2.05, 4.69) is 25.8 Å². The van der Waals surface area contributed by atoms with Crippen LogP contribution in [0.4, 0.5) is 10.2 Å². The fourth-order valence-corrected chi connectivity index (χ4v) is 3.86. The van der Waals surface area contributed by atoms with Gasteiger partial charge in [0.1, 0.15) is 19.0 Å². The van der Waals surface area contributed by atoms with Crippen molar-refractivity contribution >= 4 is 29.0 Å². The third-order valence-electron chi connectivity index (χ3n) is 5.66. The van der Waals surface area contributed by atoms with Gasteiger partial charge in [-0.1, -0.05) is 24.3 Å². The highest BCUT2D eigenvalue weighted by molar-refractivity contribution is 5.86. The number of ether oxygens (including phenoxy) is 2. The van der Waals surface area contributed by atoms with Gasteiger partial charge in [-0.25, -0.2) is 19.4 Å². The van der Waals surface area contributed by atoms with Crippen molar-refractivity contribution in [1.29, 1.82) is 0 Å². The van der Waals surface area contributed by atoms with Crippen molar-refractivity contribution in [3.05, 3.63) is 83.7 Å². The van der Waals surface area contributed by atoms with Crippen LogP contribution >= 0.6 is 0 Å². The van der Waals surface area contributed by atoms with Crippen LogP contribution in [0.2, 0.25) is 0 Å². The molecule has 12 heteroatoms. The van der Waals surface area contributed by atoms with Crippen molar-refractivity contribution in [3.8, 4) is 23.0 Å². The second kappa shape index (κ2) is 11.4. The molecule has 11 nitrogen and oxygen atoms in total. The Labute approximate surface area is 222 Å². The molecule has 3 N–H and O–H groups in total. The smallest absolute Gasteiger partial charge is 0.260 e. The molecule has 0 atom stereocenters. The standard InChI is InChI=1S/C27H24FN7O4/c1-2-37-23-13-18(9-12-22(23)38-16-17-7-10-19(28)11-8-17)14-30-32-24(36)15-35-21-6-4-3-5-20(21)31-27(35)25-26(29)34-39-33-25/h3-14H,2,15-16H2,1H3,(H2,29,34)(H,32,36)/b30-14+. The van der Waals surface area contributed by atoms with Gasteiger partial charge in [0.25, 0.3) is 5.91 Å². The molecule has 5 aromatic rings. The SMILES string of the molecule is CCOc1cc(/C=N/NC(=O)Cn2c(-c3nonc3N)nc3ccccc32)ccc1OCc1ccc(F)cc1. The second-order valence-corrected chi connectivity index (χ2v) is 8.36. The predicted molar refractivity (Wildman–Crippen MR) is 142 cm³/mol. The molecule has 0 saturated heterocycles. The molecule has 2 heterocycles. The van der Waals surface area contributed by atoms with Crippen molar-refractivity contribution in [2.45, 2.75) is 20.1 Å². The number of nitrogen functional groups attached to an aromatic ring is 1. The average Bonchev–Trinajstić information content (AvgIpc) is 3.52. The molecule has 5 rings (SSSR count). The minimum Gasteiger partial charge on any atom is -0.490 e. The van der Waals surface area contributed by atoms with Crippen LogP contribution in [0.15, 0.2) is 76.5 Å². The Kier molecular flexibility index (Phi) is 7.44. The van der Waals surface area contributed by atoms with Crippen LogP contribution in [-0.4, -0.2) is 38.6 Å². The molecule has 0 saturated carbocycles. The molecule has 0 spiro atoms. The Morgan fingerprint density at radius 2 is 1.92 bits per heavy atom. The number of nitrogens with two attached hydrogens (primary N) is 1. The Hall–Kier alpha value is -5.26. The number of imidazole rings is 1. The largest absolute Gasteiger partial charge is 0.490 e. The summed E-state index contributed by atoms with van der Waals surface area (Å²) in [6, 6.07) is 18.7. The normalized spacial score (nSPS) is 11.2. The Morgan fingerprint density at radius 1 is 1.10 bits per heavy atom. The topological polar surface area (TPSA) is 143 Å². The van der Waals surface area contributed by atoms with Crippen LogP contribution in [-0.2, 0) is 17.9 Å². The summed E-state index contributed by atoms with van der Waals surface area (Å²) >= 11 is 0. The van der Waals surface area contributed by atoms with Crippen LogP contribution in [0, 0.1) is 5.82 Å². The summed E-state index contributed by atoms with van der Waals surface area (Å²) in [6.07, 6.45) is 1.50. The van der Waals surface area contributed by atoms with Crippen molar-refractivity contribution < 1.29 is 23.3 Å². The summed E-state index contributed by atoms with van der Waals surface area (Å²) in [5.41, 5.74) is 11.5. The summed E-state index contributed by atoms with van der Waals surface area (Å²) in [5, 5.41) is 11.5. The molecule has 0 aliphatic carbocycles. The van der Waals surface area contributed by atoms with Crippen LogP contribution in [0.25, 0.3) is 22.6 Å². The van der Waals surface area contributed by atoms with Crippen molar-refractivity contribution in [2.75, 3.05) is 12.3 Å². The molecule has 0 radical (unpaired) electrons. The first-order valence-electron chi connectivity index (χ1n) is 12.0. The summed E-state index contributed by atoms with van der Waals surface area (Å²) in [5.74, 6) is 0.772. The van der Waals surface area contributed by atoms with E-state index < -0.39 is 5.91 Å². The number of rotatable bonds is 10. The Balaban J connectivity index is 1.27. The van der Waals surface area contributed by atoms with Crippen LogP contribution < -0.4 is 20.6 Å². The molecule has 1 amide bonds. The van der Waals surface area contributed by atoms with Gasteiger partial charge < -0.3 is 19.8 Å². The highest BCUT2D eigenvalue weighted by Gasteiger charge is 2.20. The van der Waals surface area contributed by atoms with E-state index in [0.29, 0.717) is 40.5 Å². The molecule has 0 aliphatic rings. The van der Waals surface area contributed by atoms with Gasteiger partial charge in [-0.15, -0.1) is 0 Å². The first-order valence-corrected chi connectivity index (χ1v) is 12.0. The van der Waals surface area contributed by atoms with Gasteiger partial charge in [0.2, 0.25) is 0 Å². The van der Waals surface area contributed by atoms with Gasteiger partial charge in [-0.2, -0.15) is 5.10 Å². The zero-order valence-electron chi connectivity index (χ0n) is 20.9. The van der Waals surface area contributed by atoms with Crippen molar-refractivity contribution in [3.63, 3.8) is 0 Å². The van der Waals surface area contributed by atoms with E-state index >= 15 is 0 Å². The lowest BCUT2D eigenvalue weighted by Gasteiger charge is -2.12. The zero-order chi connectivity index (χ0) is 27.2. The lowest BCUT2D eigenvalue weighted by atomic mass is 10.2. The maximum atomic E-state index is 13.1. The number of aromatic nitrogens is 4. The summed E-state index contributed by atoms with van der Waals surface area (Å²) in [7, 11) is 0. The van der Waals surface area contributed by atoms with E-state index in [9.17, 15) is 9.18 Å². The number of hydrogen-bond donors (Lipinski definition) is 2. The van der Waals surface area contributed by atoms with Gasteiger partial charge >= 0.3 is 0 Å². The van der Waals surface area contributed by atoms with E-state index in [1.165, 1.54) is 18.3 Å². The van der Waals surface area contributed by atoms with E-state index in [4.69, 9.17) is 19.8 Å². The molecule has 3 aromatic carbocycles. The van der Waals surface area contributed by atoms with Gasteiger partial charge in [-0.3, -0.25) is 4.79 Å². The Bertz CT molecular complexity index is 1630. The molecule has 198 valence electrons. The number of anilines is 1. The first-order chi connectivity index (χ1) is 19.0. The lowest BCUT2D eigenvalue weighted by molar-refractivity contribution is -0.121. The minimum absolute atomic E-state index is 0.0696. The summed E-state index contributed by atoms with van der Waals surface area (Å²) in [4.78, 5) is 17.3.